The van der Waals surface area contributed by atoms with Gasteiger partial charge in [-0.2, -0.15) is 8.78 Å². The molecule has 250 valence electrons. The lowest BCUT2D eigenvalue weighted by atomic mass is 9.68. The second-order valence-corrected chi connectivity index (χ2v) is 21.5. The number of rotatable bonds is 7. The standard InChI is InChI=1S/C33H39F2N5O5SSi/c1-31(2,3)47(6,7)45-33(17-32(4,41)18-33)29-36-15-20(16-37-29)19-11-12-21-23(13-19)39-24-14-25(28(39)38-21)40(46(5,42)43)22-9-8-10-26(27(22)24)44-30(34)35/h8-13,15-16,24-25,30,41H,14,17-18H2,1-7H3/t24-,25-,32-,33+/m1/s1. The molecule has 3 aliphatic rings. The van der Waals surface area contributed by atoms with Crippen LogP contribution in [0, 0.1) is 0 Å². The highest BCUT2D eigenvalue weighted by Crippen LogP contribution is 2.56. The van der Waals surface area contributed by atoms with E-state index in [-0.39, 0.29) is 10.8 Å². The lowest BCUT2D eigenvalue weighted by Gasteiger charge is -2.55. The van der Waals surface area contributed by atoms with Crippen LogP contribution in [0.5, 0.6) is 5.75 Å². The summed E-state index contributed by atoms with van der Waals surface area (Å²) in [5, 5.41) is 10.7. The van der Waals surface area contributed by atoms with E-state index in [0.29, 0.717) is 47.7 Å². The summed E-state index contributed by atoms with van der Waals surface area (Å²) in [6.45, 7) is 9.62. The van der Waals surface area contributed by atoms with Crippen LogP contribution in [0.2, 0.25) is 18.1 Å². The predicted octanol–water partition coefficient (Wildman–Crippen LogP) is 6.67. The maximum Gasteiger partial charge on any atom is 0.387 e. The maximum absolute atomic E-state index is 13.5. The van der Waals surface area contributed by atoms with Gasteiger partial charge in [0, 0.05) is 42.8 Å². The van der Waals surface area contributed by atoms with Crippen molar-refractivity contribution < 1.29 is 31.5 Å². The van der Waals surface area contributed by atoms with E-state index >= 15 is 0 Å². The third-order valence-electron chi connectivity index (χ3n) is 10.2. The molecule has 1 fully saturated rings. The number of ether oxygens (including phenoxy) is 1. The molecule has 1 aliphatic carbocycles. The molecule has 0 radical (unpaired) electrons. The summed E-state index contributed by atoms with van der Waals surface area (Å²) in [6, 6.07) is 9.23. The monoisotopic (exact) mass is 683 g/mol. The summed E-state index contributed by atoms with van der Waals surface area (Å²) in [6.07, 6.45) is 5.77. The number of alkyl halides is 2. The molecule has 2 bridgehead atoms. The third kappa shape index (κ3) is 5.15. The van der Waals surface area contributed by atoms with Crippen molar-refractivity contribution in [2.45, 2.75) is 95.0 Å². The Hall–Kier alpha value is -3.46. The minimum atomic E-state index is -3.79. The molecule has 4 heterocycles. The zero-order chi connectivity index (χ0) is 33.9. The van der Waals surface area contributed by atoms with Crippen molar-refractivity contribution in [2.75, 3.05) is 10.6 Å². The topological polar surface area (TPSA) is 120 Å². The van der Waals surface area contributed by atoms with Gasteiger partial charge >= 0.3 is 6.61 Å². The first kappa shape index (κ1) is 32.1. The number of hydrogen-bond acceptors (Lipinski definition) is 8. The van der Waals surface area contributed by atoms with Crippen molar-refractivity contribution in [3.63, 3.8) is 0 Å². The average molecular weight is 684 g/mol. The van der Waals surface area contributed by atoms with Gasteiger partial charge in [-0.05, 0) is 54.9 Å². The Balaban J connectivity index is 1.29. The van der Waals surface area contributed by atoms with Gasteiger partial charge in [-0.15, -0.1) is 0 Å². The SMILES string of the molecule is CC(C)(C)[Si](C)(C)O[C@]1(c2ncc(-c3ccc4nc5n(c4c3)[C@@H]3C[C@H]5N(S(C)(=O)=O)c4cccc(OC(F)F)c43)cn2)C[C@](C)(O)C1. The van der Waals surface area contributed by atoms with E-state index in [0.717, 1.165) is 22.9 Å². The molecule has 47 heavy (non-hydrogen) atoms. The summed E-state index contributed by atoms with van der Waals surface area (Å²) >= 11 is 0. The van der Waals surface area contributed by atoms with Gasteiger partial charge in [0.1, 0.15) is 23.2 Å². The first-order chi connectivity index (χ1) is 21.8. The van der Waals surface area contributed by atoms with E-state index in [9.17, 15) is 22.3 Å². The highest BCUT2D eigenvalue weighted by molar-refractivity contribution is 7.92. The number of sulfonamides is 1. The Bertz CT molecular complexity index is 2000. The fourth-order valence-electron chi connectivity index (χ4n) is 7.37. The van der Waals surface area contributed by atoms with Crippen molar-refractivity contribution in [2.24, 2.45) is 0 Å². The number of aromatic nitrogens is 4. The van der Waals surface area contributed by atoms with E-state index in [4.69, 9.17) is 24.1 Å². The molecule has 1 N–H and O–H groups in total. The lowest BCUT2D eigenvalue weighted by Crippen LogP contribution is -2.60. The molecular formula is C33H39F2N5O5SSi. The molecule has 0 saturated heterocycles. The van der Waals surface area contributed by atoms with Crippen LogP contribution in [0.15, 0.2) is 48.8 Å². The quantitative estimate of drug-likeness (QED) is 0.215. The zero-order valence-electron chi connectivity index (χ0n) is 27.5. The molecule has 0 amide bonds. The summed E-state index contributed by atoms with van der Waals surface area (Å²) in [5.41, 5.74) is 2.01. The van der Waals surface area contributed by atoms with Gasteiger partial charge in [-0.3, -0.25) is 4.31 Å². The lowest BCUT2D eigenvalue weighted by molar-refractivity contribution is -0.171. The first-order valence-corrected chi connectivity index (χ1v) is 20.4. The van der Waals surface area contributed by atoms with Crippen molar-refractivity contribution in [3.05, 3.63) is 66.0 Å². The Labute approximate surface area is 274 Å². The number of fused-ring (bicyclic) bond motifs is 9. The number of hydrogen-bond donors (Lipinski definition) is 1. The van der Waals surface area contributed by atoms with E-state index < -0.39 is 48.2 Å². The van der Waals surface area contributed by atoms with Crippen molar-refractivity contribution >= 4 is 35.1 Å². The summed E-state index contributed by atoms with van der Waals surface area (Å²) in [7, 11) is -6.02. The van der Waals surface area contributed by atoms with E-state index in [1.54, 1.807) is 25.4 Å². The number of benzene rings is 2. The smallest absolute Gasteiger partial charge is 0.387 e. The fraction of sp³-hybridized carbons (Fsp3) is 0.485. The summed E-state index contributed by atoms with van der Waals surface area (Å²) in [4.78, 5) is 14.4. The van der Waals surface area contributed by atoms with Crippen molar-refractivity contribution in [1.82, 2.24) is 19.5 Å². The molecule has 14 heteroatoms. The zero-order valence-corrected chi connectivity index (χ0v) is 29.3. The van der Waals surface area contributed by atoms with Crippen LogP contribution in [0.3, 0.4) is 0 Å². The molecule has 1 saturated carbocycles. The molecular weight excluding hydrogens is 645 g/mol. The number of halogens is 2. The fourth-order valence-corrected chi connectivity index (χ4v) is 10.0. The molecule has 2 aliphatic heterocycles. The molecule has 10 nitrogen and oxygen atoms in total. The van der Waals surface area contributed by atoms with Gasteiger partial charge in [0.05, 0.1) is 34.6 Å². The second-order valence-electron chi connectivity index (χ2n) is 14.9. The van der Waals surface area contributed by atoms with Crippen LogP contribution in [-0.2, 0) is 20.1 Å². The first-order valence-electron chi connectivity index (χ1n) is 15.6. The molecule has 2 aromatic heterocycles. The third-order valence-corrected chi connectivity index (χ3v) is 15.9. The Morgan fingerprint density at radius 1 is 1.06 bits per heavy atom. The highest BCUT2D eigenvalue weighted by Gasteiger charge is 2.58. The molecule has 0 spiro atoms. The minimum Gasteiger partial charge on any atom is -0.434 e. The largest absolute Gasteiger partial charge is 0.434 e. The number of imidazole rings is 1. The van der Waals surface area contributed by atoms with E-state index in [1.807, 2.05) is 22.8 Å². The normalized spacial score (nSPS) is 25.6. The molecule has 2 atom stereocenters. The van der Waals surface area contributed by atoms with E-state index in [1.165, 1.54) is 16.4 Å². The minimum absolute atomic E-state index is 0.0359. The number of nitrogens with zero attached hydrogens (tertiary/aromatic N) is 5. The van der Waals surface area contributed by atoms with Crippen LogP contribution in [0.1, 0.15) is 76.3 Å². The van der Waals surface area contributed by atoms with Crippen LogP contribution in [0.4, 0.5) is 14.5 Å². The van der Waals surface area contributed by atoms with Gasteiger partial charge in [0.15, 0.2) is 14.1 Å². The van der Waals surface area contributed by atoms with Crippen molar-refractivity contribution in [3.8, 4) is 16.9 Å². The van der Waals surface area contributed by atoms with Crippen molar-refractivity contribution in [1.29, 1.82) is 0 Å². The van der Waals surface area contributed by atoms with Crippen LogP contribution in [0.25, 0.3) is 22.2 Å². The Morgan fingerprint density at radius 2 is 1.74 bits per heavy atom. The molecule has 7 rings (SSSR count). The van der Waals surface area contributed by atoms with Crippen LogP contribution >= 0.6 is 0 Å². The van der Waals surface area contributed by atoms with Gasteiger partial charge < -0.3 is 18.8 Å². The van der Waals surface area contributed by atoms with Gasteiger partial charge in [-0.1, -0.05) is 32.9 Å². The maximum atomic E-state index is 13.5. The number of aliphatic hydroxyl groups is 1. The second kappa shape index (κ2) is 10.3. The number of anilines is 1. The van der Waals surface area contributed by atoms with Crippen LogP contribution < -0.4 is 9.04 Å². The van der Waals surface area contributed by atoms with Gasteiger partial charge in [-0.25, -0.2) is 23.4 Å². The van der Waals surface area contributed by atoms with Gasteiger partial charge in [0.25, 0.3) is 0 Å². The average Bonchev–Trinajstić information content (AvgIpc) is 3.45. The molecule has 4 aromatic rings. The van der Waals surface area contributed by atoms with Crippen LogP contribution in [-0.4, -0.2) is 59.8 Å². The van der Waals surface area contributed by atoms with Gasteiger partial charge in [0.2, 0.25) is 10.0 Å². The van der Waals surface area contributed by atoms with E-state index in [2.05, 4.69) is 33.9 Å². The summed E-state index contributed by atoms with van der Waals surface area (Å²) in [5.74, 6) is 1.02. The summed E-state index contributed by atoms with van der Waals surface area (Å²) < 4.78 is 68.1. The molecule has 2 aromatic carbocycles. The Morgan fingerprint density at radius 3 is 2.34 bits per heavy atom. The molecule has 0 unspecified atom stereocenters. The predicted molar refractivity (Wildman–Crippen MR) is 176 cm³/mol. The Kier molecular flexibility index (Phi) is 7.01. The highest BCUT2D eigenvalue weighted by atomic mass is 32.2.